The molecule has 1 aromatic heterocycles. The highest BCUT2D eigenvalue weighted by atomic mass is 16.5. The molecule has 0 unspecified atom stereocenters. The Morgan fingerprint density at radius 2 is 1.33 bits per heavy atom. The van der Waals surface area contributed by atoms with Gasteiger partial charge in [-0.2, -0.15) is 5.10 Å². The van der Waals surface area contributed by atoms with E-state index in [-0.39, 0.29) is 0 Å². The molecule has 0 saturated heterocycles. The van der Waals surface area contributed by atoms with Crippen molar-refractivity contribution in [2.24, 2.45) is 13.0 Å². The van der Waals surface area contributed by atoms with Gasteiger partial charge in [-0.05, 0) is 36.5 Å². The fraction of sp³-hybridized carbons (Fsp3) is 0.550. The summed E-state index contributed by atoms with van der Waals surface area (Å²) in [6.45, 7) is 12.9. The lowest BCUT2D eigenvalue weighted by molar-refractivity contribution is 0.355. The number of benzene rings is 1. The highest BCUT2D eigenvalue weighted by molar-refractivity contribution is 5.39. The fourth-order valence-electron chi connectivity index (χ4n) is 1.97. The molecule has 2 aromatic rings. The van der Waals surface area contributed by atoms with E-state index in [2.05, 4.69) is 52.8 Å². The third-order valence-corrected chi connectivity index (χ3v) is 2.96. The van der Waals surface area contributed by atoms with Crippen LogP contribution in [0.15, 0.2) is 30.5 Å². The SMILES string of the molecule is CC(C)C.COc1ccccc1OC.Cc1nn(C)cc1C(C)C. The topological polar surface area (TPSA) is 36.3 Å². The van der Waals surface area contributed by atoms with E-state index in [1.807, 2.05) is 36.0 Å². The Balaban J connectivity index is 0.000000363. The molecule has 0 aliphatic heterocycles. The second-order valence-corrected chi connectivity index (χ2v) is 6.59. The summed E-state index contributed by atoms with van der Waals surface area (Å²) in [6.07, 6.45) is 2.08. The molecule has 0 bridgehead atoms. The van der Waals surface area contributed by atoms with E-state index in [4.69, 9.17) is 9.47 Å². The van der Waals surface area contributed by atoms with Crippen molar-refractivity contribution in [3.05, 3.63) is 41.7 Å². The Labute approximate surface area is 147 Å². The van der Waals surface area contributed by atoms with Gasteiger partial charge >= 0.3 is 0 Å². The summed E-state index contributed by atoms with van der Waals surface area (Å²) >= 11 is 0. The summed E-state index contributed by atoms with van der Waals surface area (Å²) in [7, 11) is 5.20. The normalized spacial score (nSPS) is 9.79. The molecular weight excluding hydrogens is 300 g/mol. The Morgan fingerprint density at radius 1 is 0.917 bits per heavy atom. The summed E-state index contributed by atoms with van der Waals surface area (Å²) < 4.78 is 11.9. The molecule has 0 saturated carbocycles. The fourth-order valence-corrected chi connectivity index (χ4v) is 1.97. The first-order valence-corrected chi connectivity index (χ1v) is 8.40. The van der Waals surface area contributed by atoms with Crippen LogP contribution in [0, 0.1) is 12.8 Å². The Bertz CT molecular complexity index is 549. The molecule has 1 aromatic carbocycles. The molecule has 0 fully saturated rings. The highest BCUT2D eigenvalue weighted by Crippen LogP contribution is 2.24. The Kier molecular flexibility index (Phi) is 10.6. The van der Waals surface area contributed by atoms with Gasteiger partial charge in [-0.3, -0.25) is 4.68 Å². The first kappa shape index (κ1) is 22.0. The van der Waals surface area contributed by atoms with Crippen molar-refractivity contribution in [2.45, 2.75) is 47.5 Å². The lowest BCUT2D eigenvalue weighted by atomic mass is 10.1. The van der Waals surface area contributed by atoms with Gasteiger partial charge in [0.05, 0.1) is 19.9 Å². The predicted molar refractivity (Wildman–Crippen MR) is 102 cm³/mol. The molecule has 1 heterocycles. The summed E-state index contributed by atoms with van der Waals surface area (Å²) in [5.74, 6) is 2.96. The molecule has 2 rings (SSSR count). The van der Waals surface area contributed by atoms with Crippen LogP contribution in [0.3, 0.4) is 0 Å². The number of hydrogen-bond acceptors (Lipinski definition) is 3. The standard InChI is InChI=1S/C8H14N2.C8H10O2.C4H10/c1-6(2)8-5-10(4)9-7(8)3;1-9-7-5-3-4-6-8(7)10-2;1-4(2)3/h5-6H,1-4H3;3-6H,1-2H3;4H,1-3H3. The van der Waals surface area contributed by atoms with Crippen LogP contribution in [0.5, 0.6) is 11.5 Å². The van der Waals surface area contributed by atoms with Gasteiger partial charge in [0.25, 0.3) is 0 Å². The van der Waals surface area contributed by atoms with E-state index in [1.165, 1.54) is 5.56 Å². The zero-order chi connectivity index (χ0) is 18.7. The molecule has 24 heavy (non-hydrogen) atoms. The molecule has 0 aliphatic carbocycles. The largest absolute Gasteiger partial charge is 0.493 e. The first-order chi connectivity index (χ1) is 11.2. The van der Waals surface area contributed by atoms with Gasteiger partial charge in [0, 0.05) is 13.2 Å². The zero-order valence-corrected chi connectivity index (χ0v) is 16.8. The smallest absolute Gasteiger partial charge is 0.160 e. The Hall–Kier alpha value is -1.97. The van der Waals surface area contributed by atoms with Crippen LogP contribution in [0.4, 0.5) is 0 Å². The van der Waals surface area contributed by atoms with Gasteiger partial charge in [-0.1, -0.05) is 46.8 Å². The van der Waals surface area contributed by atoms with Crippen LogP contribution in [0.1, 0.15) is 51.8 Å². The Morgan fingerprint density at radius 3 is 1.54 bits per heavy atom. The van der Waals surface area contributed by atoms with Crippen LogP contribution >= 0.6 is 0 Å². The minimum Gasteiger partial charge on any atom is -0.493 e. The number of nitrogens with zero attached hydrogens (tertiary/aromatic N) is 2. The summed E-state index contributed by atoms with van der Waals surface area (Å²) in [4.78, 5) is 0. The molecule has 0 atom stereocenters. The van der Waals surface area contributed by atoms with Crippen molar-refractivity contribution in [3.63, 3.8) is 0 Å². The molecule has 0 N–H and O–H groups in total. The molecule has 0 aliphatic rings. The van der Waals surface area contributed by atoms with E-state index in [0.717, 1.165) is 23.1 Å². The lowest BCUT2D eigenvalue weighted by Crippen LogP contribution is -1.88. The van der Waals surface area contributed by atoms with Gasteiger partial charge in [0.15, 0.2) is 11.5 Å². The third-order valence-electron chi connectivity index (χ3n) is 2.96. The van der Waals surface area contributed by atoms with Gasteiger partial charge < -0.3 is 9.47 Å². The molecular formula is C20H34N2O2. The summed E-state index contributed by atoms with van der Waals surface area (Å²) in [6, 6.07) is 7.53. The van der Waals surface area contributed by atoms with Crippen molar-refractivity contribution < 1.29 is 9.47 Å². The lowest BCUT2D eigenvalue weighted by Gasteiger charge is -2.04. The van der Waals surface area contributed by atoms with E-state index < -0.39 is 0 Å². The average molecular weight is 335 g/mol. The van der Waals surface area contributed by atoms with Crippen LogP contribution in [0.2, 0.25) is 0 Å². The maximum atomic E-state index is 5.01. The number of hydrogen-bond donors (Lipinski definition) is 0. The number of ether oxygens (including phenoxy) is 2. The van der Waals surface area contributed by atoms with Gasteiger partial charge in [0.2, 0.25) is 0 Å². The van der Waals surface area contributed by atoms with Crippen LogP contribution in [-0.4, -0.2) is 24.0 Å². The maximum Gasteiger partial charge on any atom is 0.160 e. The second kappa shape index (κ2) is 11.5. The molecule has 0 amide bonds. The number of aromatic nitrogens is 2. The van der Waals surface area contributed by atoms with E-state index in [9.17, 15) is 0 Å². The minimum absolute atomic E-state index is 0.591. The second-order valence-electron chi connectivity index (χ2n) is 6.59. The van der Waals surface area contributed by atoms with Crippen molar-refractivity contribution in [2.75, 3.05) is 14.2 Å². The van der Waals surface area contributed by atoms with Gasteiger partial charge in [-0.15, -0.1) is 0 Å². The minimum atomic E-state index is 0.591. The van der Waals surface area contributed by atoms with Crippen LogP contribution < -0.4 is 9.47 Å². The monoisotopic (exact) mass is 334 g/mol. The van der Waals surface area contributed by atoms with Crippen molar-refractivity contribution in [1.29, 1.82) is 0 Å². The highest BCUT2D eigenvalue weighted by Gasteiger charge is 2.05. The third kappa shape index (κ3) is 8.61. The molecule has 4 nitrogen and oxygen atoms in total. The zero-order valence-electron chi connectivity index (χ0n) is 16.8. The maximum absolute atomic E-state index is 5.01. The van der Waals surface area contributed by atoms with E-state index >= 15 is 0 Å². The van der Waals surface area contributed by atoms with Crippen molar-refractivity contribution in [1.82, 2.24) is 9.78 Å². The van der Waals surface area contributed by atoms with Crippen molar-refractivity contribution >= 4 is 0 Å². The van der Waals surface area contributed by atoms with E-state index in [0.29, 0.717) is 5.92 Å². The summed E-state index contributed by atoms with van der Waals surface area (Å²) in [5.41, 5.74) is 2.50. The molecule has 0 radical (unpaired) electrons. The molecule has 4 heteroatoms. The predicted octanol–water partition coefficient (Wildman–Crippen LogP) is 5.22. The van der Waals surface area contributed by atoms with Crippen molar-refractivity contribution in [3.8, 4) is 11.5 Å². The van der Waals surface area contributed by atoms with Crippen LogP contribution in [-0.2, 0) is 7.05 Å². The summed E-state index contributed by atoms with van der Waals surface area (Å²) in [5, 5.41) is 4.25. The molecule has 136 valence electrons. The van der Waals surface area contributed by atoms with E-state index in [1.54, 1.807) is 14.2 Å². The molecule has 0 spiro atoms. The van der Waals surface area contributed by atoms with Gasteiger partial charge in [0.1, 0.15) is 0 Å². The van der Waals surface area contributed by atoms with Gasteiger partial charge in [-0.25, -0.2) is 0 Å². The number of methoxy groups -OCH3 is 2. The number of rotatable bonds is 3. The quantitative estimate of drug-likeness (QED) is 0.772. The first-order valence-electron chi connectivity index (χ1n) is 8.40. The van der Waals surface area contributed by atoms with Crippen LogP contribution in [0.25, 0.3) is 0 Å². The number of para-hydroxylation sites is 2. The number of aryl methyl sites for hydroxylation is 2. The average Bonchev–Trinajstić information content (AvgIpc) is 2.86.